The second-order valence-electron chi connectivity index (χ2n) is 7.10. The van der Waals surface area contributed by atoms with E-state index >= 15 is 0 Å². The van der Waals surface area contributed by atoms with Crippen LogP contribution in [-0.2, 0) is 15.8 Å². The normalized spacial score (nSPS) is 13.2. The predicted octanol–water partition coefficient (Wildman–Crippen LogP) is 4.97. The van der Waals surface area contributed by atoms with Crippen LogP contribution in [0.2, 0.25) is 5.02 Å². The molecular weight excluding hydrogens is 424 g/mol. The van der Waals surface area contributed by atoms with Crippen molar-refractivity contribution in [2.45, 2.75) is 12.7 Å². The number of aryl methyl sites for hydroxylation is 1. The summed E-state index contributed by atoms with van der Waals surface area (Å²) >= 11 is 6.08. The van der Waals surface area contributed by atoms with Crippen LogP contribution >= 0.6 is 11.6 Å². The van der Waals surface area contributed by atoms with Gasteiger partial charge in [-0.1, -0.05) is 35.9 Å². The topological polar surface area (TPSA) is 75.7 Å². The Balaban J connectivity index is 1.64. The van der Waals surface area contributed by atoms with E-state index in [-0.39, 0.29) is 22.9 Å². The van der Waals surface area contributed by atoms with Gasteiger partial charge in [0.2, 0.25) is 10.0 Å². The van der Waals surface area contributed by atoms with Crippen LogP contribution in [0.5, 0.6) is 11.5 Å². The Morgan fingerprint density at radius 2 is 1.77 bits per heavy atom. The van der Waals surface area contributed by atoms with E-state index in [2.05, 4.69) is 4.72 Å². The molecule has 1 aliphatic rings. The molecule has 154 valence electrons. The number of hydrogen-bond donors (Lipinski definition) is 1. The molecule has 0 fully saturated rings. The van der Waals surface area contributed by atoms with Gasteiger partial charge in [0.05, 0.1) is 17.0 Å². The van der Waals surface area contributed by atoms with Crippen LogP contribution in [0, 0.1) is 6.92 Å². The summed E-state index contributed by atoms with van der Waals surface area (Å²) in [5, 5.41) is 0.378. The van der Waals surface area contributed by atoms with Gasteiger partial charge in [-0.2, -0.15) is 0 Å². The van der Waals surface area contributed by atoms with E-state index < -0.39 is 10.0 Å². The molecule has 0 aliphatic carbocycles. The lowest BCUT2D eigenvalue weighted by Crippen LogP contribution is -2.25. The standard InChI is InChI=1S/C22H19ClN2O4S/c1-14-7-9-21-19(11-14)25(2)22(26)17-12-16(8-10-20(17)29-21)24-30(27,28)13-15-5-3-4-6-18(15)23/h3-12,24H,13H2,1-2H3. The zero-order valence-electron chi connectivity index (χ0n) is 16.3. The smallest absolute Gasteiger partial charge is 0.261 e. The maximum Gasteiger partial charge on any atom is 0.261 e. The molecule has 3 aromatic rings. The predicted molar refractivity (Wildman–Crippen MR) is 118 cm³/mol. The van der Waals surface area contributed by atoms with Crippen LogP contribution in [-0.4, -0.2) is 21.4 Å². The number of carbonyl (C=O) groups excluding carboxylic acids is 1. The SMILES string of the molecule is Cc1ccc2c(c1)N(C)C(=O)c1cc(NS(=O)(=O)Cc3ccccc3Cl)ccc1O2. The van der Waals surface area contributed by atoms with Gasteiger partial charge in [-0.15, -0.1) is 0 Å². The first-order valence-electron chi connectivity index (χ1n) is 9.18. The second-order valence-corrected chi connectivity index (χ2v) is 9.23. The summed E-state index contributed by atoms with van der Waals surface area (Å²) in [5.74, 6) is 0.353. The summed E-state index contributed by atoms with van der Waals surface area (Å²) in [6, 6.07) is 17.0. The molecule has 8 heteroatoms. The van der Waals surface area contributed by atoms with E-state index in [1.54, 1.807) is 43.4 Å². The van der Waals surface area contributed by atoms with Gasteiger partial charge in [0.1, 0.15) is 5.75 Å². The van der Waals surface area contributed by atoms with Crippen molar-refractivity contribution in [1.29, 1.82) is 0 Å². The first-order chi connectivity index (χ1) is 14.2. The molecule has 1 aliphatic heterocycles. The van der Waals surface area contributed by atoms with Crippen molar-refractivity contribution in [1.82, 2.24) is 0 Å². The first kappa shape index (κ1) is 20.3. The fraction of sp³-hybridized carbons (Fsp3) is 0.136. The van der Waals surface area contributed by atoms with Gasteiger partial charge in [-0.05, 0) is 54.4 Å². The molecule has 0 saturated heterocycles. The Hall–Kier alpha value is -3.03. The van der Waals surface area contributed by atoms with Crippen molar-refractivity contribution in [2.24, 2.45) is 0 Å². The number of nitrogens with zero attached hydrogens (tertiary/aromatic N) is 1. The van der Waals surface area contributed by atoms with Crippen molar-refractivity contribution >= 4 is 38.9 Å². The minimum Gasteiger partial charge on any atom is -0.454 e. The van der Waals surface area contributed by atoms with Crippen LogP contribution < -0.4 is 14.4 Å². The maximum absolute atomic E-state index is 13.0. The van der Waals surface area contributed by atoms with Gasteiger partial charge >= 0.3 is 0 Å². The highest BCUT2D eigenvalue weighted by atomic mass is 35.5. The van der Waals surface area contributed by atoms with E-state index in [0.717, 1.165) is 5.56 Å². The molecule has 1 N–H and O–H groups in total. The van der Waals surface area contributed by atoms with E-state index in [1.165, 1.54) is 11.0 Å². The lowest BCUT2D eigenvalue weighted by molar-refractivity contribution is 0.0993. The Morgan fingerprint density at radius 3 is 2.53 bits per heavy atom. The summed E-state index contributed by atoms with van der Waals surface area (Å²) in [6.07, 6.45) is 0. The number of rotatable bonds is 4. The molecule has 0 atom stereocenters. The molecule has 3 aromatic carbocycles. The van der Waals surface area contributed by atoms with Crippen LogP contribution in [0.1, 0.15) is 21.5 Å². The highest BCUT2D eigenvalue weighted by Gasteiger charge is 2.26. The number of nitrogens with one attached hydrogen (secondary N) is 1. The summed E-state index contributed by atoms with van der Waals surface area (Å²) in [4.78, 5) is 14.5. The van der Waals surface area contributed by atoms with Gasteiger partial charge in [0, 0.05) is 17.8 Å². The fourth-order valence-corrected chi connectivity index (χ4v) is 4.77. The van der Waals surface area contributed by atoms with Crippen LogP contribution in [0.15, 0.2) is 60.7 Å². The highest BCUT2D eigenvalue weighted by Crippen LogP contribution is 2.39. The van der Waals surface area contributed by atoms with Crippen LogP contribution in [0.4, 0.5) is 11.4 Å². The molecule has 6 nitrogen and oxygen atoms in total. The number of benzene rings is 3. The van der Waals surface area contributed by atoms with Crippen LogP contribution in [0.25, 0.3) is 0 Å². The molecule has 0 aromatic heterocycles. The third kappa shape index (κ3) is 3.99. The third-order valence-electron chi connectivity index (χ3n) is 4.79. The average molecular weight is 443 g/mol. The first-order valence-corrected chi connectivity index (χ1v) is 11.2. The monoisotopic (exact) mass is 442 g/mol. The molecule has 30 heavy (non-hydrogen) atoms. The zero-order valence-corrected chi connectivity index (χ0v) is 17.9. The summed E-state index contributed by atoms with van der Waals surface area (Å²) < 4.78 is 33.7. The van der Waals surface area contributed by atoms with Crippen molar-refractivity contribution in [3.63, 3.8) is 0 Å². The Kier molecular flexibility index (Phi) is 5.17. The average Bonchev–Trinajstić information content (AvgIpc) is 2.79. The van der Waals surface area contributed by atoms with Crippen molar-refractivity contribution in [3.05, 3.63) is 82.4 Å². The molecule has 1 amide bonds. The lowest BCUT2D eigenvalue weighted by Gasteiger charge is -2.17. The summed E-state index contributed by atoms with van der Waals surface area (Å²) in [7, 11) is -2.08. The van der Waals surface area contributed by atoms with Crippen molar-refractivity contribution < 1.29 is 17.9 Å². The minimum absolute atomic E-state index is 0.268. The molecule has 0 bridgehead atoms. The number of sulfonamides is 1. The number of amides is 1. The Labute approximate surface area is 180 Å². The zero-order chi connectivity index (χ0) is 21.5. The van der Waals surface area contributed by atoms with Gasteiger partial charge in [-0.3, -0.25) is 9.52 Å². The number of ether oxygens (including phenoxy) is 1. The molecule has 0 spiro atoms. The molecule has 1 heterocycles. The van der Waals surface area contributed by atoms with Crippen molar-refractivity contribution in [3.8, 4) is 11.5 Å². The quantitative estimate of drug-likeness (QED) is 0.618. The van der Waals surface area contributed by atoms with Gasteiger partial charge < -0.3 is 9.64 Å². The molecule has 0 saturated carbocycles. The lowest BCUT2D eigenvalue weighted by atomic mass is 10.1. The van der Waals surface area contributed by atoms with E-state index in [9.17, 15) is 13.2 Å². The Morgan fingerprint density at radius 1 is 1.03 bits per heavy atom. The number of anilines is 2. The third-order valence-corrected chi connectivity index (χ3v) is 6.39. The number of halogens is 1. The van der Waals surface area contributed by atoms with E-state index in [0.29, 0.717) is 27.8 Å². The van der Waals surface area contributed by atoms with Crippen molar-refractivity contribution in [2.75, 3.05) is 16.7 Å². The molecule has 0 unspecified atom stereocenters. The minimum atomic E-state index is -3.74. The number of carbonyl (C=O) groups is 1. The highest BCUT2D eigenvalue weighted by molar-refractivity contribution is 7.91. The molecular formula is C22H19ClN2O4S. The summed E-state index contributed by atoms with van der Waals surface area (Å²) in [6.45, 7) is 1.93. The van der Waals surface area contributed by atoms with Crippen LogP contribution in [0.3, 0.4) is 0 Å². The van der Waals surface area contributed by atoms with E-state index in [1.807, 2.05) is 25.1 Å². The fourth-order valence-electron chi connectivity index (χ4n) is 3.27. The van der Waals surface area contributed by atoms with Gasteiger partial charge in [-0.25, -0.2) is 8.42 Å². The number of hydrogen-bond acceptors (Lipinski definition) is 4. The summed E-state index contributed by atoms with van der Waals surface area (Å²) in [5.41, 5.74) is 2.68. The largest absolute Gasteiger partial charge is 0.454 e. The van der Waals surface area contributed by atoms with Gasteiger partial charge in [0.25, 0.3) is 5.91 Å². The van der Waals surface area contributed by atoms with E-state index in [4.69, 9.17) is 16.3 Å². The second kappa shape index (κ2) is 7.66. The maximum atomic E-state index is 13.0. The Bertz CT molecular complexity index is 1260. The number of fused-ring (bicyclic) bond motifs is 2. The molecule has 4 rings (SSSR count). The molecule has 0 radical (unpaired) electrons. The van der Waals surface area contributed by atoms with Gasteiger partial charge in [0.15, 0.2) is 5.75 Å².